The van der Waals surface area contributed by atoms with Crippen molar-refractivity contribution in [2.75, 3.05) is 18.8 Å². The largest absolute Gasteiger partial charge is 0.388 e. The van der Waals surface area contributed by atoms with Crippen LogP contribution >= 0.6 is 11.8 Å². The molecule has 2 aromatic rings. The number of hydrogen-bond donors (Lipinski definition) is 2. The minimum Gasteiger partial charge on any atom is -0.388 e. The Kier molecular flexibility index (Phi) is 5.55. The fraction of sp³-hybridized carbons (Fsp3) is 0.500. The van der Waals surface area contributed by atoms with Gasteiger partial charge in [-0.1, -0.05) is 11.6 Å². The molecule has 1 aromatic heterocycles. The van der Waals surface area contributed by atoms with E-state index in [4.69, 9.17) is 0 Å². The standard InChI is InChI=1S/C20H26N2O3S/c1-13-4-5-16-15(10-13)14(2)11-18(21-16)26-9-6-19(24)22-8-7-20(3,25)17(23)12-22/h4-5,10-11,17,23,25H,6-9,12H2,1-3H3/t17-,20-/m0/s1. The number of benzene rings is 1. The molecule has 5 nitrogen and oxygen atoms in total. The average Bonchev–Trinajstić information content (AvgIpc) is 2.58. The van der Waals surface area contributed by atoms with Gasteiger partial charge in [0.05, 0.1) is 22.2 Å². The van der Waals surface area contributed by atoms with E-state index in [2.05, 4.69) is 37.0 Å². The summed E-state index contributed by atoms with van der Waals surface area (Å²) in [5.74, 6) is 0.659. The second kappa shape index (κ2) is 7.55. The number of nitrogens with zero attached hydrogens (tertiary/aromatic N) is 2. The van der Waals surface area contributed by atoms with Gasteiger partial charge >= 0.3 is 0 Å². The number of carbonyl (C=O) groups excluding carboxylic acids is 1. The second-order valence-corrected chi connectivity index (χ2v) is 8.47. The summed E-state index contributed by atoms with van der Waals surface area (Å²) in [7, 11) is 0. The molecule has 1 aliphatic heterocycles. The van der Waals surface area contributed by atoms with Crippen LogP contribution in [0.2, 0.25) is 0 Å². The second-order valence-electron chi connectivity index (χ2n) is 7.36. The third kappa shape index (κ3) is 4.19. The van der Waals surface area contributed by atoms with Crippen molar-refractivity contribution >= 4 is 28.6 Å². The molecule has 26 heavy (non-hydrogen) atoms. The van der Waals surface area contributed by atoms with Gasteiger partial charge in [-0.15, -0.1) is 11.8 Å². The molecule has 0 unspecified atom stereocenters. The molecule has 0 aliphatic carbocycles. The summed E-state index contributed by atoms with van der Waals surface area (Å²) in [5, 5.41) is 22.0. The highest BCUT2D eigenvalue weighted by Gasteiger charge is 2.37. The Hall–Kier alpha value is -1.63. The number of aliphatic hydroxyl groups excluding tert-OH is 1. The predicted octanol–water partition coefficient (Wildman–Crippen LogP) is 2.68. The lowest BCUT2D eigenvalue weighted by Crippen LogP contribution is -2.55. The number of aromatic nitrogens is 1. The molecule has 2 heterocycles. The Bertz CT molecular complexity index is 822. The van der Waals surface area contributed by atoms with Crippen molar-refractivity contribution in [2.45, 2.75) is 50.3 Å². The van der Waals surface area contributed by atoms with Gasteiger partial charge in [-0.05, 0) is 51.0 Å². The van der Waals surface area contributed by atoms with Crippen LogP contribution in [0.15, 0.2) is 29.3 Å². The molecule has 0 spiro atoms. The number of thioether (sulfide) groups is 1. The summed E-state index contributed by atoms with van der Waals surface area (Å²) in [6.07, 6.45) is -0.0921. The molecule has 1 aromatic carbocycles. The molecule has 1 aliphatic rings. The zero-order valence-electron chi connectivity index (χ0n) is 15.5. The van der Waals surface area contributed by atoms with Gasteiger partial charge in [-0.3, -0.25) is 4.79 Å². The Morgan fingerprint density at radius 3 is 2.88 bits per heavy atom. The summed E-state index contributed by atoms with van der Waals surface area (Å²) in [6.45, 7) is 6.46. The SMILES string of the molecule is Cc1ccc2nc(SCCC(=O)N3CC[C@](C)(O)[C@@H](O)C3)cc(C)c2c1. The fourth-order valence-corrected chi connectivity index (χ4v) is 4.11. The number of aryl methyl sites for hydroxylation is 2. The highest BCUT2D eigenvalue weighted by Crippen LogP contribution is 2.26. The minimum absolute atomic E-state index is 0.0141. The number of carbonyl (C=O) groups is 1. The third-order valence-electron chi connectivity index (χ3n) is 5.07. The van der Waals surface area contributed by atoms with Crippen LogP contribution in [0.5, 0.6) is 0 Å². The number of β-amino-alcohol motifs (C(OH)–C–C–N with tert-alkyl or cyclic N) is 1. The highest BCUT2D eigenvalue weighted by molar-refractivity contribution is 7.99. The number of pyridine rings is 1. The van der Waals surface area contributed by atoms with Crippen LogP contribution in [-0.4, -0.2) is 56.6 Å². The van der Waals surface area contributed by atoms with Crippen LogP contribution in [0.25, 0.3) is 10.9 Å². The Balaban J connectivity index is 1.57. The molecule has 0 radical (unpaired) electrons. The Morgan fingerprint density at radius 1 is 1.38 bits per heavy atom. The quantitative estimate of drug-likeness (QED) is 0.805. The van der Waals surface area contributed by atoms with Crippen molar-refractivity contribution in [3.8, 4) is 0 Å². The first-order valence-corrected chi connectivity index (χ1v) is 9.94. The van der Waals surface area contributed by atoms with Crippen molar-refractivity contribution in [2.24, 2.45) is 0 Å². The van der Waals surface area contributed by atoms with Crippen molar-refractivity contribution in [3.63, 3.8) is 0 Å². The van der Waals surface area contributed by atoms with E-state index in [-0.39, 0.29) is 12.5 Å². The van der Waals surface area contributed by atoms with E-state index in [1.54, 1.807) is 23.6 Å². The van der Waals surface area contributed by atoms with Crippen molar-refractivity contribution in [1.29, 1.82) is 0 Å². The summed E-state index contributed by atoms with van der Waals surface area (Å²) < 4.78 is 0. The van der Waals surface area contributed by atoms with Gasteiger partial charge in [-0.25, -0.2) is 4.98 Å². The lowest BCUT2D eigenvalue weighted by molar-refractivity contribution is -0.145. The lowest BCUT2D eigenvalue weighted by atomic mass is 9.91. The molecule has 1 saturated heterocycles. The Labute approximate surface area is 158 Å². The molecule has 1 fully saturated rings. The molecule has 6 heteroatoms. The van der Waals surface area contributed by atoms with E-state index < -0.39 is 11.7 Å². The van der Waals surface area contributed by atoms with E-state index >= 15 is 0 Å². The third-order valence-corrected chi connectivity index (χ3v) is 5.98. The van der Waals surface area contributed by atoms with E-state index in [0.717, 1.165) is 10.5 Å². The maximum atomic E-state index is 12.4. The normalized spacial score (nSPS) is 23.4. The Morgan fingerprint density at radius 2 is 2.15 bits per heavy atom. The molecular weight excluding hydrogens is 348 g/mol. The topological polar surface area (TPSA) is 73.7 Å². The number of amides is 1. The molecule has 2 N–H and O–H groups in total. The van der Waals surface area contributed by atoms with E-state index in [9.17, 15) is 15.0 Å². The first-order valence-electron chi connectivity index (χ1n) is 8.95. The highest BCUT2D eigenvalue weighted by atomic mass is 32.2. The predicted molar refractivity (Wildman–Crippen MR) is 104 cm³/mol. The van der Waals surface area contributed by atoms with Crippen molar-refractivity contribution in [3.05, 3.63) is 35.4 Å². The van der Waals surface area contributed by atoms with Gasteiger partial charge < -0.3 is 15.1 Å². The molecule has 140 valence electrons. The number of hydrogen-bond acceptors (Lipinski definition) is 5. The average molecular weight is 375 g/mol. The summed E-state index contributed by atoms with van der Waals surface area (Å²) >= 11 is 1.58. The summed E-state index contributed by atoms with van der Waals surface area (Å²) in [4.78, 5) is 18.7. The van der Waals surface area contributed by atoms with Gasteiger partial charge in [-0.2, -0.15) is 0 Å². The van der Waals surface area contributed by atoms with E-state index in [1.165, 1.54) is 16.5 Å². The van der Waals surface area contributed by atoms with Gasteiger partial charge in [0.1, 0.15) is 0 Å². The first kappa shape index (κ1) is 19.1. The van der Waals surface area contributed by atoms with E-state index in [0.29, 0.717) is 25.1 Å². The number of rotatable bonds is 4. The molecular formula is C20H26N2O3S. The zero-order chi connectivity index (χ0) is 18.9. The van der Waals surface area contributed by atoms with Crippen LogP contribution in [0.4, 0.5) is 0 Å². The van der Waals surface area contributed by atoms with Crippen LogP contribution in [0, 0.1) is 13.8 Å². The monoisotopic (exact) mass is 374 g/mol. The van der Waals surface area contributed by atoms with Crippen LogP contribution < -0.4 is 0 Å². The van der Waals surface area contributed by atoms with E-state index in [1.807, 2.05) is 6.07 Å². The number of aliphatic hydroxyl groups is 2. The van der Waals surface area contributed by atoms with Crippen LogP contribution in [-0.2, 0) is 4.79 Å². The summed E-state index contributed by atoms with van der Waals surface area (Å²) in [5.41, 5.74) is 2.28. The van der Waals surface area contributed by atoms with Gasteiger partial charge in [0.15, 0.2) is 0 Å². The van der Waals surface area contributed by atoms with Gasteiger partial charge in [0, 0.05) is 30.6 Å². The number of fused-ring (bicyclic) bond motifs is 1. The van der Waals surface area contributed by atoms with Gasteiger partial charge in [0.2, 0.25) is 5.91 Å². The maximum Gasteiger partial charge on any atom is 0.223 e. The summed E-state index contributed by atoms with van der Waals surface area (Å²) in [6, 6.07) is 8.31. The molecule has 0 bridgehead atoms. The number of likely N-dealkylation sites (tertiary alicyclic amines) is 1. The molecule has 0 saturated carbocycles. The molecule has 3 rings (SSSR count). The lowest BCUT2D eigenvalue weighted by Gasteiger charge is -2.39. The van der Waals surface area contributed by atoms with Gasteiger partial charge in [0.25, 0.3) is 0 Å². The zero-order valence-corrected chi connectivity index (χ0v) is 16.3. The fourth-order valence-electron chi connectivity index (χ4n) is 3.20. The molecule has 1 amide bonds. The van der Waals surface area contributed by atoms with Crippen molar-refractivity contribution in [1.82, 2.24) is 9.88 Å². The van der Waals surface area contributed by atoms with Crippen LogP contribution in [0.3, 0.4) is 0 Å². The van der Waals surface area contributed by atoms with Crippen LogP contribution in [0.1, 0.15) is 30.9 Å². The first-order chi connectivity index (χ1) is 12.3. The molecule has 2 atom stereocenters. The number of piperidine rings is 1. The smallest absolute Gasteiger partial charge is 0.223 e. The minimum atomic E-state index is -1.10. The maximum absolute atomic E-state index is 12.4. The van der Waals surface area contributed by atoms with Crippen molar-refractivity contribution < 1.29 is 15.0 Å².